The lowest BCUT2D eigenvalue weighted by Gasteiger charge is -2.12. The summed E-state index contributed by atoms with van der Waals surface area (Å²) in [6, 6.07) is 16.3. The van der Waals surface area contributed by atoms with Crippen molar-refractivity contribution in [1.29, 1.82) is 0 Å². The number of rotatable bonds is 5. The lowest BCUT2D eigenvalue weighted by Crippen LogP contribution is -2.15. The fourth-order valence-corrected chi connectivity index (χ4v) is 1.83. The van der Waals surface area contributed by atoms with Crippen LogP contribution in [0.3, 0.4) is 0 Å². The van der Waals surface area contributed by atoms with Crippen LogP contribution in [0.1, 0.15) is 22.8 Å². The van der Waals surface area contributed by atoms with E-state index in [2.05, 4.69) is 0 Å². The van der Waals surface area contributed by atoms with E-state index in [0.717, 1.165) is 11.1 Å². The maximum absolute atomic E-state index is 11.8. The van der Waals surface area contributed by atoms with E-state index in [4.69, 9.17) is 10.5 Å². The first-order valence-corrected chi connectivity index (χ1v) is 6.38. The summed E-state index contributed by atoms with van der Waals surface area (Å²) >= 11 is 0. The molecule has 0 fully saturated rings. The van der Waals surface area contributed by atoms with Crippen LogP contribution in [0, 0.1) is 0 Å². The van der Waals surface area contributed by atoms with Crippen molar-refractivity contribution in [3.63, 3.8) is 0 Å². The summed E-state index contributed by atoms with van der Waals surface area (Å²) in [5, 5.41) is 9.97. The van der Waals surface area contributed by atoms with Gasteiger partial charge in [-0.3, -0.25) is 0 Å². The molecule has 3 N–H and O–H groups in total. The van der Waals surface area contributed by atoms with E-state index in [9.17, 15) is 9.90 Å². The maximum atomic E-state index is 11.8. The highest BCUT2D eigenvalue weighted by atomic mass is 16.5. The molecule has 2 rings (SSSR count). The third-order valence-electron chi connectivity index (χ3n) is 2.95. The van der Waals surface area contributed by atoms with E-state index < -0.39 is 12.1 Å². The zero-order valence-electron chi connectivity index (χ0n) is 11.0. The Kier molecular flexibility index (Phi) is 4.87. The number of carbonyl (C=O) groups excluding carboxylic acids is 1. The van der Waals surface area contributed by atoms with Gasteiger partial charge in [0.1, 0.15) is 6.61 Å². The van der Waals surface area contributed by atoms with Crippen LogP contribution in [-0.4, -0.2) is 11.1 Å². The van der Waals surface area contributed by atoms with Gasteiger partial charge in [0.2, 0.25) is 0 Å². The lowest BCUT2D eigenvalue weighted by atomic mass is 10.1. The van der Waals surface area contributed by atoms with Crippen LogP contribution >= 0.6 is 0 Å². The summed E-state index contributed by atoms with van der Waals surface area (Å²) in [6.07, 6.45) is -1.29. The van der Waals surface area contributed by atoms with Crippen LogP contribution in [0.15, 0.2) is 54.6 Å². The van der Waals surface area contributed by atoms with Gasteiger partial charge >= 0.3 is 5.97 Å². The van der Waals surface area contributed by atoms with E-state index in [0.29, 0.717) is 12.1 Å². The minimum atomic E-state index is -1.29. The van der Waals surface area contributed by atoms with Crippen molar-refractivity contribution in [3.8, 4) is 0 Å². The first-order valence-electron chi connectivity index (χ1n) is 6.38. The highest BCUT2D eigenvalue weighted by Gasteiger charge is 2.19. The van der Waals surface area contributed by atoms with Gasteiger partial charge in [-0.05, 0) is 16.7 Å². The summed E-state index contributed by atoms with van der Waals surface area (Å²) < 4.78 is 5.10. The Labute approximate surface area is 117 Å². The van der Waals surface area contributed by atoms with E-state index in [-0.39, 0.29) is 6.61 Å². The first-order chi connectivity index (χ1) is 9.70. The summed E-state index contributed by atoms with van der Waals surface area (Å²) in [6.45, 7) is 0.507. The molecule has 0 radical (unpaired) electrons. The molecule has 20 heavy (non-hydrogen) atoms. The SMILES string of the molecule is NCc1cccc(C(O)C(=O)OCc2ccccc2)c1. The second kappa shape index (κ2) is 6.84. The number of aliphatic hydroxyl groups excluding tert-OH is 1. The standard InChI is InChI=1S/C16H17NO3/c17-10-13-7-4-8-14(9-13)15(18)16(19)20-11-12-5-2-1-3-6-12/h1-9,15,18H,10-11,17H2. The van der Waals surface area contributed by atoms with Gasteiger partial charge < -0.3 is 15.6 Å². The van der Waals surface area contributed by atoms with Crippen LogP contribution in [0.2, 0.25) is 0 Å². The van der Waals surface area contributed by atoms with Crippen LogP contribution in [0.25, 0.3) is 0 Å². The molecule has 0 saturated heterocycles. The van der Waals surface area contributed by atoms with Gasteiger partial charge in [0, 0.05) is 6.54 Å². The number of benzene rings is 2. The second-order valence-electron chi connectivity index (χ2n) is 4.45. The third kappa shape index (κ3) is 3.66. The van der Waals surface area contributed by atoms with Crippen molar-refractivity contribution in [2.75, 3.05) is 0 Å². The predicted octanol–water partition coefficient (Wildman–Crippen LogP) is 1.92. The summed E-state index contributed by atoms with van der Waals surface area (Å²) in [7, 11) is 0. The average molecular weight is 271 g/mol. The number of esters is 1. The van der Waals surface area contributed by atoms with Gasteiger partial charge in [0.25, 0.3) is 0 Å². The number of nitrogens with two attached hydrogens (primary N) is 1. The van der Waals surface area contributed by atoms with E-state index in [1.54, 1.807) is 18.2 Å². The van der Waals surface area contributed by atoms with Crippen molar-refractivity contribution in [2.24, 2.45) is 5.73 Å². The maximum Gasteiger partial charge on any atom is 0.339 e. The topological polar surface area (TPSA) is 72.5 Å². The molecule has 0 bridgehead atoms. The molecule has 0 spiro atoms. The Morgan fingerprint density at radius 1 is 1.10 bits per heavy atom. The van der Waals surface area contributed by atoms with Crippen molar-refractivity contribution in [3.05, 3.63) is 71.3 Å². The Morgan fingerprint density at radius 2 is 1.80 bits per heavy atom. The van der Waals surface area contributed by atoms with Crippen molar-refractivity contribution in [2.45, 2.75) is 19.3 Å². The highest BCUT2D eigenvalue weighted by molar-refractivity contribution is 5.76. The Balaban J connectivity index is 1.98. The molecule has 0 saturated carbocycles. The molecular weight excluding hydrogens is 254 g/mol. The van der Waals surface area contributed by atoms with Crippen molar-refractivity contribution in [1.82, 2.24) is 0 Å². The normalized spacial score (nSPS) is 11.9. The highest BCUT2D eigenvalue weighted by Crippen LogP contribution is 2.16. The molecule has 0 aliphatic rings. The lowest BCUT2D eigenvalue weighted by molar-refractivity contribution is -0.155. The molecule has 0 aromatic heterocycles. The number of ether oxygens (including phenoxy) is 1. The monoisotopic (exact) mass is 271 g/mol. The van der Waals surface area contributed by atoms with E-state index in [1.807, 2.05) is 36.4 Å². The molecule has 2 aromatic carbocycles. The van der Waals surface area contributed by atoms with Crippen LogP contribution in [-0.2, 0) is 22.7 Å². The molecule has 2 aromatic rings. The van der Waals surface area contributed by atoms with Gasteiger partial charge in [-0.2, -0.15) is 0 Å². The van der Waals surface area contributed by atoms with Gasteiger partial charge in [0.05, 0.1) is 0 Å². The summed E-state index contributed by atoms with van der Waals surface area (Å²) in [5.74, 6) is -0.664. The third-order valence-corrected chi connectivity index (χ3v) is 2.95. The summed E-state index contributed by atoms with van der Waals surface area (Å²) in [4.78, 5) is 11.8. The zero-order valence-corrected chi connectivity index (χ0v) is 11.0. The Hall–Kier alpha value is -2.17. The number of aliphatic hydroxyl groups is 1. The fraction of sp³-hybridized carbons (Fsp3) is 0.188. The van der Waals surface area contributed by atoms with Crippen LogP contribution in [0.4, 0.5) is 0 Å². The summed E-state index contributed by atoms with van der Waals surface area (Å²) in [5.41, 5.74) is 7.76. The van der Waals surface area contributed by atoms with E-state index in [1.165, 1.54) is 0 Å². The van der Waals surface area contributed by atoms with Crippen LogP contribution in [0.5, 0.6) is 0 Å². The predicted molar refractivity (Wildman–Crippen MR) is 75.5 cm³/mol. The molecule has 0 heterocycles. The first kappa shape index (κ1) is 14.2. The van der Waals surface area contributed by atoms with Crippen molar-refractivity contribution >= 4 is 5.97 Å². The molecule has 1 atom stereocenters. The Morgan fingerprint density at radius 3 is 2.50 bits per heavy atom. The van der Waals surface area contributed by atoms with Crippen LogP contribution < -0.4 is 5.73 Å². The zero-order chi connectivity index (χ0) is 14.4. The van der Waals surface area contributed by atoms with Gasteiger partial charge in [-0.25, -0.2) is 4.79 Å². The molecule has 4 heteroatoms. The molecule has 0 aliphatic carbocycles. The minimum Gasteiger partial charge on any atom is -0.459 e. The quantitative estimate of drug-likeness (QED) is 0.815. The molecule has 0 amide bonds. The second-order valence-corrected chi connectivity index (χ2v) is 4.45. The molecular formula is C16H17NO3. The fourth-order valence-electron chi connectivity index (χ4n) is 1.83. The minimum absolute atomic E-state index is 0.146. The number of hydrogen-bond donors (Lipinski definition) is 2. The molecule has 4 nitrogen and oxygen atoms in total. The number of hydrogen-bond acceptors (Lipinski definition) is 4. The largest absolute Gasteiger partial charge is 0.459 e. The average Bonchev–Trinajstić information content (AvgIpc) is 2.53. The van der Waals surface area contributed by atoms with Crippen molar-refractivity contribution < 1.29 is 14.6 Å². The molecule has 0 aliphatic heterocycles. The molecule has 1 unspecified atom stereocenters. The van der Waals surface area contributed by atoms with Gasteiger partial charge in [-0.15, -0.1) is 0 Å². The smallest absolute Gasteiger partial charge is 0.339 e. The molecule has 104 valence electrons. The van der Waals surface area contributed by atoms with Gasteiger partial charge in [-0.1, -0.05) is 54.6 Å². The number of carbonyl (C=O) groups is 1. The van der Waals surface area contributed by atoms with E-state index >= 15 is 0 Å². The van der Waals surface area contributed by atoms with Gasteiger partial charge in [0.15, 0.2) is 6.10 Å². The Bertz CT molecular complexity index is 569.